The van der Waals surface area contributed by atoms with E-state index in [0.717, 1.165) is 5.39 Å². The Morgan fingerprint density at radius 2 is 1.63 bits per heavy atom. The van der Waals surface area contributed by atoms with E-state index >= 15 is 0 Å². The lowest BCUT2D eigenvalue weighted by molar-refractivity contribution is -0.185. The number of hydrogen-bond acceptors (Lipinski definition) is 2. The van der Waals surface area contributed by atoms with Crippen molar-refractivity contribution in [1.82, 2.24) is 0 Å². The molecule has 0 atom stereocenters. The number of rotatable bonds is 6. The van der Waals surface area contributed by atoms with Gasteiger partial charge in [-0.15, -0.1) is 0 Å². The summed E-state index contributed by atoms with van der Waals surface area (Å²) >= 11 is 0. The standard InChI is InChI=1S/C22H19F3O2/c1-3-5-16-12-15-6-9-20(13-17(15)14-21(16)23)27-22(24,25)18-7-10-19(11-8-18)26-4-2/h3,5-14H,4H2,1-2H3/b5-3+. The monoisotopic (exact) mass is 372 g/mol. The summed E-state index contributed by atoms with van der Waals surface area (Å²) < 4.78 is 53.2. The summed E-state index contributed by atoms with van der Waals surface area (Å²) in [5.74, 6) is 0.0470. The van der Waals surface area contributed by atoms with Crippen LogP contribution in [-0.2, 0) is 6.11 Å². The van der Waals surface area contributed by atoms with Gasteiger partial charge in [-0.25, -0.2) is 4.39 Å². The van der Waals surface area contributed by atoms with E-state index in [-0.39, 0.29) is 11.3 Å². The van der Waals surface area contributed by atoms with Crippen molar-refractivity contribution < 1.29 is 22.6 Å². The van der Waals surface area contributed by atoms with Gasteiger partial charge in [0.05, 0.1) is 12.2 Å². The second kappa shape index (κ2) is 7.74. The molecule has 3 rings (SSSR count). The van der Waals surface area contributed by atoms with Crippen LogP contribution in [0.4, 0.5) is 13.2 Å². The van der Waals surface area contributed by atoms with Crippen molar-refractivity contribution in [2.45, 2.75) is 20.0 Å². The largest absolute Gasteiger partial charge is 0.494 e. The van der Waals surface area contributed by atoms with E-state index in [1.54, 1.807) is 31.2 Å². The predicted molar refractivity (Wildman–Crippen MR) is 101 cm³/mol. The van der Waals surface area contributed by atoms with Gasteiger partial charge in [0.1, 0.15) is 17.3 Å². The van der Waals surface area contributed by atoms with Crippen molar-refractivity contribution in [3.63, 3.8) is 0 Å². The number of alkyl halides is 2. The summed E-state index contributed by atoms with van der Waals surface area (Å²) in [6.45, 7) is 4.06. The number of allylic oxidation sites excluding steroid dienone is 1. The summed E-state index contributed by atoms with van der Waals surface area (Å²) in [5, 5.41) is 1.22. The van der Waals surface area contributed by atoms with E-state index in [2.05, 4.69) is 0 Å². The first-order valence-corrected chi connectivity index (χ1v) is 8.59. The third-order valence-corrected chi connectivity index (χ3v) is 4.02. The second-order valence-corrected chi connectivity index (χ2v) is 5.96. The lowest BCUT2D eigenvalue weighted by Gasteiger charge is -2.19. The molecule has 0 radical (unpaired) electrons. The van der Waals surface area contributed by atoms with Gasteiger partial charge in [-0.05, 0) is 73.2 Å². The lowest BCUT2D eigenvalue weighted by atomic mass is 10.1. The topological polar surface area (TPSA) is 18.5 Å². The first-order chi connectivity index (χ1) is 12.9. The predicted octanol–water partition coefficient (Wildman–Crippen LogP) is 6.54. The van der Waals surface area contributed by atoms with Gasteiger partial charge in [0.25, 0.3) is 0 Å². The summed E-state index contributed by atoms with van der Waals surface area (Å²) in [5.41, 5.74) is 0.152. The average Bonchev–Trinajstić information content (AvgIpc) is 2.63. The van der Waals surface area contributed by atoms with E-state index in [4.69, 9.17) is 9.47 Å². The zero-order chi connectivity index (χ0) is 19.4. The Hall–Kier alpha value is -2.95. The van der Waals surface area contributed by atoms with Crippen LogP contribution in [0.1, 0.15) is 25.0 Å². The van der Waals surface area contributed by atoms with E-state index < -0.39 is 11.9 Å². The van der Waals surface area contributed by atoms with Gasteiger partial charge < -0.3 is 9.47 Å². The summed E-state index contributed by atoms with van der Waals surface area (Å²) in [4.78, 5) is 0. The molecular weight excluding hydrogens is 353 g/mol. The minimum Gasteiger partial charge on any atom is -0.494 e. The Morgan fingerprint density at radius 1 is 0.926 bits per heavy atom. The molecule has 3 aromatic rings. The molecule has 27 heavy (non-hydrogen) atoms. The van der Waals surface area contributed by atoms with Crippen molar-refractivity contribution in [2.24, 2.45) is 0 Å². The molecule has 0 aliphatic rings. The molecule has 0 aliphatic carbocycles. The maximum absolute atomic E-state index is 14.5. The van der Waals surface area contributed by atoms with Gasteiger partial charge in [-0.2, -0.15) is 8.78 Å². The minimum absolute atomic E-state index is 0.0421. The van der Waals surface area contributed by atoms with Crippen LogP contribution in [0.15, 0.2) is 60.7 Å². The maximum atomic E-state index is 14.5. The highest BCUT2D eigenvalue weighted by Crippen LogP contribution is 2.34. The quantitative estimate of drug-likeness (QED) is 0.489. The number of ether oxygens (including phenoxy) is 2. The Balaban J connectivity index is 1.87. The Labute approximate surface area is 155 Å². The van der Waals surface area contributed by atoms with Gasteiger partial charge in [-0.3, -0.25) is 0 Å². The van der Waals surface area contributed by atoms with Crippen molar-refractivity contribution >= 4 is 16.8 Å². The SMILES string of the molecule is C/C=C/c1cc2ccc(OC(F)(F)c3ccc(OCC)cc3)cc2cc1F. The Bertz CT molecular complexity index is 963. The molecule has 0 aromatic heterocycles. The molecule has 0 unspecified atom stereocenters. The van der Waals surface area contributed by atoms with Crippen LogP contribution in [0.2, 0.25) is 0 Å². The summed E-state index contributed by atoms with van der Waals surface area (Å²) in [6, 6.07) is 12.9. The molecule has 0 spiro atoms. The molecule has 0 fully saturated rings. The normalized spacial score (nSPS) is 11.9. The van der Waals surface area contributed by atoms with Gasteiger partial charge in [0.2, 0.25) is 0 Å². The third-order valence-electron chi connectivity index (χ3n) is 4.02. The van der Waals surface area contributed by atoms with Crippen LogP contribution in [-0.4, -0.2) is 6.61 Å². The molecule has 140 valence electrons. The molecule has 0 saturated heterocycles. The van der Waals surface area contributed by atoms with Crippen LogP contribution < -0.4 is 9.47 Å². The van der Waals surface area contributed by atoms with E-state index in [0.29, 0.717) is 23.3 Å². The first-order valence-electron chi connectivity index (χ1n) is 8.59. The van der Waals surface area contributed by atoms with Crippen molar-refractivity contribution in [1.29, 1.82) is 0 Å². The van der Waals surface area contributed by atoms with Crippen LogP contribution >= 0.6 is 0 Å². The molecule has 0 amide bonds. The molecule has 0 N–H and O–H groups in total. The van der Waals surface area contributed by atoms with Crippen LogP contribution in [0.5, 0.6) is 11.5 Å². The van der Waals surface area contributed by atoms with Crippen molar-refractivity contribution in [3.8, 4) is 11.5 Å². The number of hydrogen-bond donors (Lipinski definition) is 0. The molecule has 3 aromatic carbocycles. The van der Waals surface area contributed by atoms with E-state index in [1.165, 1.54) is 42.5 Å². The first kappa shape index (κ1) is 18.8. The molecular formula is C22H19F3O2. The third kappa shape index (κ3) is 4.25. The summed E-state index contributed by atoms with van der Waals surface area (Å²) in [7, 11) is 0. The number of fused-ring (bicyclic) bond motifs is 1. The van der Waals surface area contributed by atoms with Gasteiger partial charge >= 0.3 is 6.11 Å². The fraction of sp³-hybridized carbons (Fsp3) is 0.182. The summed E-state index contributed by atoms with van der Waals surface area (Å²) in [6.07, 6.45) is -0.139. The average molecular weight is 372 g/mol. The van der Waals surface area contributed by atoms with Gasteiger partial charge in [0.15, 0.2) is 0 Å². The highest BCUT2D eigenvalue weighted by atomic mass is 19.3. The van der Waals surface area contributed by atoms with E-state index in [9.17, 15) is 13.2 Å². The zero-order valence-corrected chi connectivity index (χ0v) is 15.0. The van der Waals surface area contributed by atoms with Crippen LogP contribution in [0.25, 0.3) is 16.8 Å². The van der Waals surface area contributed by atoms with Crippen LogP contribution in [0, 0.1) is 5.82 Å². The molecule has 5 heteroatoms. The van der Waals surface area contributed by atoms with Gasteiger partial charge in [-0.1, -0.05) is 18.2 Å². The Morgan fingerprint density at radius 3 is 2.30 bits per heavy atom. The van der Waals surface area contributed by atoms with Crippen LogP contribution in [0.3, 0.4) is 0 Å². The molecule has 0 saturated carbocycles. The number of benzene rings is 3. The molecule has 0 aliphatic heterocycles. The van der Waals surface area contributed by atoms with Crippen molar-refractivity contribution in [3.05, 3.63) is 77.6 Å². The molecule has 0 bridgehead atoms. The highest BCUT2D eigenvalue weighted by Gasteiger charge is 2.34. The smallest absolute Gasteiger partial charge is 0.426 e. The van der Waals surface area contributed by atoms with Crippen molar-refractivity contribution in [2.75, 3.05) is 6.61 Å². The zero-order valence-electron chi connectivity index (χ0n) is 15.0. The maximum Gasteiger partial charge on any atom is 0.426 e. The fourth-order valence-corrected chi connectivity index (χ4v) is 2.76. The minimum atomic E-state index is -3.53. The number of halogens is 3. The lowest BCUT2D eigenvalue weighted by Crippen LogP contribution is -2.21. The Kier molecular flexibility index (Phi) is 5.40. The van der Waals surface area contributed by atoms with E-state index in [1.807, 2.05) is 6.92 Å². The highest BCUT2D eigenvalue weighted by molar-refractivity contribution is 5.86. The second-order valence-electron chi connectivity index (χ2n) is 5.96. The molecule has 2 nitrogen and oxygen atoms in total. The molecule has 0 heterocycles. The fourth-order valence-electron chi connectivity index (χ4n) is 2.76. The van der Waals surface area contributed by atoms with Gasteiger partial charge in [0, 0.05) is 5.56 Å².